The van der Waals surface area contributed by atoms with E-state index in [4.69, 9.17) is 21.1 Å². The van der Waals surface area contributed by atoms with Crippen molar-refractivity contribution in [3.05, 3.63) is 35.2 Å². The van der Waals surface area contributed by atoms with Crippen molar-refractivity contribution in [3.63, 3.8) is 0 Å². The molecule has 0 amide bonds. The van der Waals surface area contributed by atoms with Gasteiger partial charge in [-0.2, -0.15) is 0 Å². The Labute approximate surface area is 115 Å². The van der Waals surface area contributed by atoms with Gasteiger partial charge < -0.3 is 9.52 Å². The van der Waals surface area contributed by atoms with E-state index in [9.17, 15) is 4.79 Å². The Hall–Kier alpha value is -1.88. The van der Waals surface area contributed by atoms with Gasteiger partial charge in [0.15, 0.2) is 0 Å². The van der Waals surface area contributed by atoms with Crippen molar-refractivity contribution >= 4 is 17.6 Å². The zero-order valence-corrected chi connectivity index (χ0v) is 10.9. The predicted octanol–water partition coefficient (Wildman–Crippen LogP) is 3.19. The second-order valence-electron chi connectivity index (χ2n) is 4.11. The Morgan fingerprint density at radius 3 is 2.89 bits per heavy atom. The van der Waals surface area contributed by atoms with E-state index in [1.54, 1.807) is 12.1 Å². The Kier molecular flexibility index (Phi) is 4.52. The van der Waals surface area contributed by atoms with E-state index in [1.807, 2.05) is 12.1 Å². The third-order valence-electron chi connectivity index (χ3n) is 2.57. The molecule has 0 atom stereocenters. The van der Waals surface area contributed by atoms with Crippen LogP contribution >= 0.6 is 11.6 Å². The summed E-state index contributed by atoms with van der Waals surface area (Å²) in [6.45, 7) is 0. The van der Waals surface area contributed by atoms with E-state index in [0.29, 0.717) is 36.1 Å². The zero-order valence-electron chi connectivity index (χ0n) is 10.2. The summed E-state index contributed by atoms with van der Waals surface area (Å²) >= 11 is 5.89. The van der Waals surface area contributed by atoms with Crippen molar-refractivity contribution in [1.29, 1.82) is 0 Å². The van der Waals surface area contributed by atoms with Crippen molar-refractivity contribution in [2.75, 3.05) is 0 Å². The monoisotopic (exact) mass is 280 g/mol. The maximum Gasteiger partial charge on any atom is 0.303 e. The first-order chi connectivity index (χ1) is 9.15. The number of benzene rings is 1. The average molecular weight is 281 g/mol. The molecule has 1 aromatic carbocycles. The highest BCUT2D eigenvalue weighted by Crippen LogP contribution is 2.21. The van der Waals surface area contributed by atoms with Gasteiger partial charge in [0.05, 0.1) is 0 Å². The van der Waals surface area contributed by atoms with Crippen molar-refractivity contribution in [3.8, 4) is 11.5 Å². The minimum absolute atomic E-state index is 0.162. The molecule has 1 heterocycles. The van der Waals surface area contributed by atoms with E-state index in [2.05, 4.69) is 10.2 Å². The lowest BCUT2D eigenvalue weighted by Gasteiger charge is -1.95. The summed E-state index contributed by atoms with van der Waals surface area (Å²) in [5, 5.41) is 17.0. The molecule has 6 heteroatoms. The third kappa shape index (κ3) is 4.06. The van der Waals surface area contributed by atoms with Gasteiger partial charge in [0.25, 0.3) is 0 Å². The van der Waals surface area contributed by atoms with Crippen LogP contribution in [0.5, 0.6) is 0 Å². The van der Waals surface area contributed by atoms with E-state index in [1.165, 1.54) is 0 Å². The molecule has 19 heavy (non-hydrogen) atoms. The summed E-state index contributed by atoms with van der Waals surface area (Å²) in [7, 11) is 0. The average Bonchev–Trinajstić information content (AvgIpc) is 2.83. The van der Waals surface area contributed by atoms with Gasteiger partial charge in [-0.25, -0.2) is 0 Å². The number of rotatable bonds is 6. The Morgan fingerprint density at radius 2 is 2.16 bits per heavy atom. The lowest BCUT2D eigenvalue weighted by molar-refractivity contribution is -0.137. The van der Waals surface area contributed by atoms with Crippen LogP contribution in [0.15, 0.2) is 28.7 Å². The number of unbranched alkanes of at least 4 members (excludes halogenated alkanes) is 1. The number of aryl methyl sites for hydroxylation is 1. The summed E-state index contributed by atoms with van der Waals surface area (Å²) in [6, 6.07) is 7.18. The second-order valence-corrected chi connectivity index (χ2v) is 4.55. The smallest absolute Gasteiger partial charge is 0.303 e. The van der Waals surface area contributed by atoms with Crippen molar-refractivity contribution < 1.29 is 14.3 Å². The van der Waals surface area contributed by atoms with Gasteiger partial charge in [-0.3, -0.25) is 4.79 Å². The van der Waals surface area contributed by atoms with Crippen molar-refractivity contribution in [2.24, 2.45) is 0 Å². The predicted molar refractivity (Wildman–Crippen MR) is 69.9 cm³/mol. The highest BCUT2D eigenvalue weighted by atomic mass is 35.5. The summed E-state index contributed by atoms with van der Waals surface area (Å²) in [4.78, 5) is 10.4. The summed E-state index contributed by atoms with van der Waals surface area (Å²) in [6.07, 6.45) is 2.06. The van der Waals surface area contributed by atoms with Gasteiger partial charge in [0.1, 0.15) is 0 Å². The number of carboxylic acid groups (broad SMARTS) is 1. The second kappa shape index (κ2) is 6.33. The van der Waals surface area contributed by atoms with Crippen LogP contribution in [0.25, 0.3) is 11.5 Å². The maximum atomic E-state index is 10.4. The van der Waals surface area contributed by atoms with Gasteiger partial charge in [-0.15, -0.1) is 10.2 Å². The molecule has 0 aliphatic carbocycles. The topological polar surface area (TPSA) is 76.2 Å². The molecule has 1 N–H and O–H groups in total. The number of carboxylic acids is 1. The summed E-state index contributed by atoms with van der Waals surface area (Å²) in [5.74, 6) is 0.154. The molecular weight excluding hydrogens is 268 g/mol. The fourth-order valence-corrected chi connectivity index (χ4v) is 1.84. The lowest BCUT2D eigenvalue weighted by atomic mass is 10.2. The first-order valence-corrected chi connectivity index (χ1v) is 6.33. The van der Waals surface area contributed by atoms with E-state index in [0.717, 1.165) is 5.56 Å². The number of aromatic nitrogens is 2. The van der Waals surface area contributed by atoms with Gasteiger partial charge >= 0.3 is 5.97 Å². The maximum absolute atomic E-state index is 10.4. The third-order valence-corrected chi connectivity index (χ3v) is 2.80. The molecule has 0 bridgehead atoms. The highest BCUT2D eigenvalue weighted by molar-refractivity contribution is 6.30. The standard InChI is InChI=1S/C13H13ClN2O3/c14-10-5-3-4-9(8-10)13-16-15-11(19-13)6-1-2-7-12(17)18/h3-5,8H,1-2,6-7H2,(H,17,18). The molecule has 100 valence electrons. The molecule has 0 aliphatic heterocycles. The normalized spacial score (nSPS) is 10.6. The van der Waals surface area contributed by atoms with Gasteiger partial charge in [-0.05, 0) is 31.0 Å². The number of aliphatic carboxylic acids is 1. The number of halogens is 1. The molecule has 2 rings (SSSR count). The van der Waals surface area contributed by atoms with Crippen LogP contribution in [-0.4, -0.2) is 21.3 Å². The molecule has 0 saturated carbocycles. The SMILES string of the molecule is O=C(O)CCCCc1nnc(-c2cccc(Cl)c2)o1. The number of nitrogens with zero attached hydrogens (tertiary/aromatic N) is 2. The Bertz CT molecular complexity index is 569. The summed E-state index contributed by atoms with van der Waals surface area (Å²) < 4.78 is 5.50. The number of carbonyl (C=O) groups is 1. The fraction of sp³-hybridized carbons (Fsp3) is 0.308. The van der Waals surface area contributed by atoms with Gasteiger partial charge in [0, 0.05) is 23.4 Å². The Balaban J connectivity index is 1.94. The molecule has 2 aromatic rings. The van der Waals surface area contributed by atoms with Crippen LogP contribution in [0.3, 0.4) is 0 Å². The molecule has 0 unspecified atom stereocenters. The minimum atomic E-state index is -0.787. The van der Waals surface area contributed by atoms with E-state index in [-0.39, 0.29) is 6.42 Å². The Morgan fingerprint density at radius 1 is 1.32 bits per heavy atom. The number of hydrogen-bond donors (Lipinski definition) is 1. The van der Waals surface area contributed by atoms with Crippen molar-refractivity contribution in [2.45, 2.75) is 25.7 Å². The molecule has 0 fully saturated rings. The quantitative estimate of drug-likeness (QED) is 0.822. The van der Waals surface area contributed by atoms with Crippen molar-refractivity contribution in [1.82, 2.24) is 10.2 Å². The minimum Gasteiger partial charge on any atom is -0.481 e. The van der Waals surface area contributed by atoms with Crippen LogP contribution in [-0.2, 0) is 11.2 Å². The van der Waals surface area contributed by atoms with E-state index >= 15 is 0 Å². The van der Waals surface area contributed by atoms with Gasteiger partial charge in [-0.1, -0.05) is 17.7 Å². The fourth-order valence-electron chi connectivity index (χ4n) is 1.65. The van der Waals surface area contributed by atoms with Crippen LogP contribution in [0.4, 0.5) is 0 Å². The molecule has 1 aromatic heterocycles. The first-order valence-electron chi connectivity index (χ1n) is 5.95. The van der Waals surface area contributed by atoms with Crippen LogP contribution in [0.1, 0.15) is 25.2 Å². The molecule has 5 nitrogen and oxygen atoms in total. The van der Waals surface area contributed by atoms with Crippen LogP contribution in [0, 0.1) is 0 Å². The summed E-state index contributed by atoms with van der Waals surface area (Å²) in [5.41, 5.74) is 0.775. The van der Waals surface area contributed by atoms with Crippen LogP contribution in [0.2, 0.25) is 5.02 Å². The molecule has 0 radical (unpaired) electrons. The molecule has 0 spiro atoms. The molecule has 0 saturated heterocycles. The highest BCUT2D eigenvalue weighted by Gasteiger charge is 2.08. The molecular formula is C13H13ClN2O3. The number of hydrogen-bond acceptors (Lipinski definition) is 4. The largest absolute Gasteiger partial charge is 0.481 e. The van der Waals surface area contributed by atoms with E-state index < -0.39 is 5.97 Å². The zero-order chi connectivity index (χ0) is 13.7. The first kappa shape index (κ1) is 13.5. The van der Waals surface area contributed by atoms with Crippen LogP contribution < -0.4 is 0 Å². The lowest BCUT2D eigenvalue weighted by Crippen LogP contribution is -1.95. The van der Waals surface area contributed by atoms with Gasteiger partial charge in [0.2, 0.25) is 11.8 Å². The molecule has 0 aliphatic rings.